The second-order valence-corrected chi connectivity index (χ2v) is 7.30. The molecule has 1 saturated heterocycles. The first-order chi connectivity index (χ1) is 14.1. The Morgan fingerprint density at radius 3 is 2.48 bits per heavy atom. The highest BCUT2D eigenvalue weighted by Gasteiger charge is 2.29. The van der Waals surface area contributed by atoms with Crippen molar-refractivity contribution in [1.82, 2.24) is 19.2 Å². The number of nitrogens with zero attached hydrogens (tertiary/aromatic N) is 4. The van der Waals surface area contributed by atoms with Crippen molar-refractivity contribution in [3.8, 4) is 5.69 Å². The van der Waals surface area contributed by atoms with Crippen molar-refractivity contribution in [3.05, 3.63) is 88.6 Å². The number of hydrogen-bond donors (Lipinski definition) is 0. The van der Waals surface area contributed by atoms with Crippen molar-refractivity contribution in [2.24, 2.45) is 7.05 Å². The molecule has 1 aromatic heterocycles. The topological polar surface area (TPSA) is 60.1 Å². The molecule has 1 atom stereocenters. The van der Waals surface area contributed by atoms with Crippen LogP contribution in [0, 0.1) is 0 Å². The largest absolute Gasteiger partial charge is 0.350 e. The molecule has 29 heavy (non-hydrogen) atoms. The summed E-state index contributed by atoms with van der Waals surface area (Å²) in [6.45, 7) is 1.28. The number of likely N-dealkylation sites (tertiary alicyclic amines) is 1. The van der Waals surface area contributed by atoms with Crippen LogP contribution in [0.1, 0.15) is 30.1 Å². The summed E-state index contributed by atoms with van der Waals surface area (Å²) >= 11 is 0. The zero-order valence-corrected chi connectivity index (χ0v) is 16.4. The molecule has 1 aliphatic heterocycles. The Bertz CT molecular complexity index is 1070. The van der Waals surface area contributed by atoms with Crippen LogP contribution in [0.5, 0.6) is 0 Å². The van der Waals surface area contributed by atoms with Crippen LogP contribution in [0.25, 0.3) is 11.8 Å². The number of carbonyl (C=O) groups is 1. The van der Waals surface area contributed by atoms with Crippen LogP contribution >= 0.6 is 0 Å². The lowest BCUT2D eigenvalue weighted by Gasteiger charge is -2.31. The van der Waals surface area contributed by atoms with E-state index in [0.29, 0.717) is 12.4 Å². The van der Waals surface area contributed by atoms with E-state index in [4.69, 9.17) is 0 Å². The summed E-state index contributed by atoms with van der Waals surface area (Å²) in [7, 11) is 1.67. The highest BCUT2D eigenvalue weighted by atomic mass is 16.2. The minimum Gasteiger partial charge on any atom is -0.338 e. The van der Waals surface area contributed by atoms with Crippen molar-refractivity contribution in [3.63, 3.8) is 0 Å². The lowest BCUT2D eigenvalue weighted by Crippen LogP contribution is -2.39. The Morgan fingerprint density at radius 1 is 1.07 bits per heavy atom. The van der Waals surface area contributed by atoms with Gasteiger partial charge in [0.25, 0.3) is 0 Å². The third kappa shape index (κ3) is 4.06. The molecule has 4 rings (SSSR count). The number of carbonyl (C=O) groups excluding carboxylic acids is 1. The number of rotatable bonds is 4. The highest BCUT2D eigenvalue weighted by molar-refractivity contribution is 5.91. The molecule has 1 fully saturated rings. The average molecular weight is 388 g/mol. The number of aryl methyl sites for hydroxylation is 1. The molecular weight excluding hydrogens is 364 g/mol. The standard InChI is InChI=1S/C23H24N4O2/c1-25-23(29)27(20-12-6-3-7-13-20)22(24-25)19-11-8-16-26(17-19)21(28)15-14-18-9-4-2-5-10-18/h2-7,9-10,12-15,19H,8,11,16-17H2,1H3/b15-14+/t19-/m0/s1. The van der Waals surface area contributed by atoms with Gasteiger partial charge in [-0.3, -0.25) is 4.79 Å². The van der Waals surface area contributed by atoms with Crippen LogP contribution in [0.3, 0.4) is 0 Å². The molecule has 6 heteroatoms. The molecule has 0 aliphatic carbocycles. The van der Waals surface area contributed by atoms with E-state index in [1.165, 1.54) is 4.68 Å². The van der Waals surface area contributed by atoms with E-state index in [1.54, 1.807) is 17.7 Å². The van der Waals surface area contributed by atoms with Crippen molar-refractivity contribution in [2.75, 3.05) is 13.1 Å². The number of benzene rings is 2. The van der Waals surface area contributed by atoms with Gasteiger partial charge in [-0.15, -0.1) is 0 Å². The molecular formula is C23H24N4O2. The first kappa shape index (κ1) is 18.9. The predicted molar refractivity (Wildman–Crippen MR) is 113 cm³/mol. The van der Waals surface area contributed by atoms with E-state index >= 15 is 0 Å². The maximum absolute atomic E-state index is 12.7. The fourth-order valence-corrected chi connectivity index (χ4v) is 3.79. The minimum absolute atomic E-state index is 0.0110. The van der Waals surface area contributed by atoms with E-state index in [0.717, 1.165) is 30.6 Å². The summed E-state index contributed by atoms with van der Waals surface area (Å²) in [6, 6.07) is 19.3. The van der Waals surface area contributed by atoms with E-state index in [2.05, 4.69) is 5.10 Å². The van der Waals surface area contributed by atoms with Gasteiger partial charge in [0.05, 0.1) is 5.69 Å². The first-order valence-electron chi connectivity index (χ1n) is 9.87. The number of piperidine rings is 1. The highest BCUT2D eigenvalue weighted by Crippen LogP contribution is 2.26. The molecule has 1 amide bonds. The molecule has 0 unspecified atom stereocenters. The van der Waals surface area contributed by atoms with Crippen LogP contribution < -0.4 is 5.69 Å². The van der Waals surface area contributed by atoms with E-state index in [9.17, 15) is 9.59 Å². The lowest BCUT2D eigenvalue weighted by molar-refractivity contribution is -0.127. The van der Waals surface area contributed by atoms with Gasteiger partial charge in [0.1, 0.15) is 5.82 Å². The third-order valence-electron chi connectivity index (χ3n) is 5.28. The van der Waals surface area contributed by atoms with Crippen molar-refractivity contribution in [2.45, 2.75) is 18.8 Å². The molecule has 6 nitrogen and oxygen atoms in total. The summed E-state index contributed by atoms with van der Waals surface area (Å²) < 4.78 is 3.04. The van der Waals surface area contributed by atoms with Gasteiger partial charge in [0.2, 0.25) is 5.91 Å². The van der Waals surface area contributed by atoms with Gasteiger partial charge in [-0.25, -0.2) is 14.0 Å². The molecule has 2 heterocycles. The number of aromatic nitrogens is 3. The van der Waals surface area contributed by atoms with Gasteiger partial charge >= 0.3 is 5.69 Å². The fourth-order valence-electron chi connectivity index (χ4n) is 3.79. The van der Waals surface area contributed by atoms with Gasteiger partial charge in [-0.2, -0.15) is 5.10 Å². The van der Waals surface area contributed by atoms with Gasteiger partial charge < -0.3 is 4.90 Å². The maximum Gasteiger partial charge on any atom is 0.350 e. The summed E-state index contributed by atoms with van der Waals surface area (Å²) in [5.74, 6) is 0.725. The van der Waals surface area contributed by atoms with Crippen molar-refractivity contribution >= 4 is 12.0 Å². The van der Waals surface area contributed by atoms with Gasteiger partial charge in [-0.05, 0) is 36.6 Å². The normalized spacial score (nSPS) is 17.0. The first-order valence-corrected chi connectivity index (χ1v) is 9.87. The maximum atomic E-state index is 12.7. The van der Waals surface area contributed by atoms with Gasteiger partial charge in [0, 0.05) is 32.1 Å². The smallest absolute Gasteiger partial charge is 0.338 e. The van der Waals surface area contributed by atoms with Crippen LogP contribution in [-0.4, -0.2) is 38.2 Å². The summed E-state index contributed by atoms with van der Waals surface area (Å²) in [4.78, 5) is 27.2. The molecule has 0 bridgehead atoms. The average Bonchev–Trinajstić information content (AvgIpc) is 3.08. The quantitative estimate of drug-likeness (QED) is 0.646. The fraction of sp³-hybridized carbons (Fsp3) is 0.261. The molecule has 1 aliphatic rings. The molecule has 0 saturated carbocycles. The zero-order valence-electron chi connectivity index (χ0n) is 16.4. The molecule has 3 aromatic rings. The molecule has 0 spiro atoms. The third-order valence-corrected chi connectivity index (χ3v) is 5.28. The number of para-hydroxylation sites is 1. The van der Waals surface area contributed by atoms with Crippen molar-refractivity contribution < 1.29 is 4.79 Å². The summed E-state index contributed by atoms with van der Waals surface area (Å²) in [5, 5.41) is 4.51. The summed E-state index contributed by atoms with van der Waals surface area (Å²) in [5.41, 5.74) is 1.63. The van der Waals surface area contributed by atoms with Crippen LogP contribution in [0.4, 0.5) is 0 Å². The molecule has 2 aromatic carbocycles. The Kier molecular flexibility index (Phi) is 5.42. The Balaban J connectivity index is 1.56. The van der Waals surface area contributed by atoms with E-state index < -0.39 is 0 Å². The lowest BCUT2D eigenvalue weighted by atomic mass is 9.97. The van der Waals surface area contributed by atoms with Crippen molar-refractivity contribution in [1.29, 1.82) is 0 Å². The second kappa shape index (κ2) is 8.31. The van der Waals surface area contributed by atoms with Crippen LogP contribution in [-0.2, 0) is 11.8 Å². The van der Waals surface area contributed by atoms with Crippen LogP contribution in [0.2, 0.25) is 0 Å². The second-order valence-electron chi connectivity index (χ2n) is 7.30. The van der Waals surface area contributed by atoms with Gasteiger partial charge in [-0.1, -0.05) is 48.5 Å². The van der Waals surface area contributed by atoms with Crippen LogP contribution in [0.15, 0.2) is 71.5 Å². The molecule has 0 N–H and O–H groups in total. The Hall–Kier alpha value is -3.41. The Morgan fingerprint density at radius 2 is 1.76 bits per heavy atom. The van der Waals surface area contributed by atoms with E-state index in [1.807, 2.05) is 71.6 Å². The zero-order chi connectivity index (χ0) is 20.2. The predicted octanol–water partition coefficient (Wildman–Crippen LogP) is 2.99. The monoisotopic (exact) mass is 388 g/mol. The van der Waals surface area contributed by atoms with E-state index in [-0.39, 0.29) is 17.5 Å². The van der Waals surface area contributed by atoms with Gasteiger partial charge in [0.15, 0.2) is 0 Å². The summed E-state index contributed by atoms with van der Waals surface area (Å²) in [6.07, 6.45) is 5.25. The molecule has 0 radical (unpaired) electrons. The molecule has 148 valence electrons. The Labute approximate surface area is 169 Å². The minimum atomic E-state index is -0.168. The SMILES string of the molecule is Cn1nc([C@H]2CCCN(C(=O)/C=C/c3ccccc3)C2)n(-c2ccccc2)c1=O. The number of hydrogen-bond acceptors (Lipinski definition) is 3. The number of amides is 1.